The zero-order valence-electron chi connectivity index (χ0n) is 11.6. The van der Waals surface area contributed by atoms with Crippen LogP contribution in [0.2, 0.25) is 0 Å². The highest BCUT2D eigenvalue weighted by atomic mass is 79.9. The van der Waals surface area contributed by atoms with E-state index in [1.165, 1.54) is 0 Å². The fraction of sp³-hybridized carbons (Fsp3) is 0.200. The third-order valence-corrected chi connectivity index (χ3v) is 3.58. The lowest BCUT2D eigenvalue weighted by Crippen LogP contribution is -2.05. The highest BCUT2D eigenvalue weighted by Gasteiger charge is 2.07. The maximum Gasteiger partial charge on any atom is 0.134 e. The first-order valence-electron chi connectivity index (χ1n) is 6.63. The topological polar surface area (TPSA) is 55.9 Å². The van der Waals surface area contributed by atoms with Crippen LogP contribution in [0.1, 0.15) is 11.5 Å². The molecular formula is C15H15BrN4O. The second kappa shape index (κ2) is 6.24. The predicted molar refractivity (Wildman–Crippen MR) is 83.7 cm³/mol. The quantitative estimate of drug-likeness (QED) is 0.771. The SMILES string of the molecule is CNCc1cn(Cc2ccc(-c3ccc(Br)cc3)o2)nn1. The molecule has 0 aliphatic rings. The summed E-state index contributed by atoms with van der Waals surface area (Å²) >= 11 is 3.43. The van der Waals surface area contributed by atoms with Crippen LogP contribution >= 0.6 is 15.9 Å². The fourth-order valence-electron chi connectivity index (χ4n) is 2.07. The molecular weight excluding hydrogens is 332 g/mol. The lowest BCUT2D eigenvalue weighted by molar-refractivity contribution is 0.485. The predicted octanol–water partition coefficient (Wildman–Crippen LogP) is 3.07. The molecule has 0 saturated heterocycles. The van der Waals surface area contributed by atoms with Gasteiger partial charge in [0.2, 0.25) is 0 Å². The lowest BCUT2D eigenvalue weighted by Gasteiger charge is -1.98. The first kappa shape index (κ1) is 14.0. The van der Waals surface area contributed by atoms with Crippen molar-refractivity contribution in [1.82, 2.24) is 20.3 Å². The van der Waals surface area contributed by atoms with E-state index in [1.54, 1.807) is 4.68 Å². The third-order valence-electron chi connectivity index (χ3n) is 3.05. The van der Waals surface area contributed by atoms with Crippen LogP contribution in [0.4, 0.5) is 0 Å². The van der Waals surface area contributed by atoms with Crippen LogP contribution in [0.5, 0.6) is 0 Å². The van der Waals surface area contributed by atoms with Gasteiger partial charge in [-0.25, -0.2) is 4.68 Å². The normalized spacial score (nSPS) is 11.0. The minimum atomic E-state index is 0.577. The Kier molecular flexibility index (Phi) is 4.17. The summed E-state index contributed by atoms with van der Waals surface area (Å²) in [6.45, 7) is 1.29. The van der Waals surface area contributed by atoms with Gasteiger partial charge in [0.15, 0.2) is 0 Å². The minimum absolute atomic E-state index is 0.577. The zero-order chi connectivity index (χ0) is 14.7. The van der Waals surface area contributed by atoms with Crippen LogP contribution in [0, 0.1) is 0 Å². The summed E-state index contributed by atoms with van der Waals surface area (Å²) in [4.78, 5) is 0. The van der Waals surface area contributed by atoms with Crippen molar-refractivity contribution in [2.45, 2.75) is 13.1 Å². The number of furan rings is 1. The maximum atomic E-state index is 5.86. The summed E-state index contributed by atoms with van der Waals surface area (Å²) in [5.41, 5.74) is 1.97. The van der Waals surface area contributed by atoms with E-state index in [0.717, 1.165) is 27.3 Å². The summed E-state index contributed by atoms with van der Waals surface area (Å²) in [7, 11) is 1.88. The molecule has 2 heterocycles. The Morgan fingerprint density at radius 3 is 2.76 bits per heavy atom. The van der Waals surface area contributed by atoms with Gasteiger partial charge < -0.3 is 9.73 Å². The molecule has 3 rings (SSSR count). The van der Waals surface area contributed by atoms with Gasteiger partial charge in [0, 0.05) is 16.6 Å². The van der Waals surface area contributed by atoms with Gasteiger partial charge in [-0.15, -0.1) is 5.10 Å². The molecule has 0 aliphatic carbocycles. The van der Waals surface area contributed by atoms with Gasteiger partial charge in [-0.2, -0.15) is 0 Å². The molecule has 2 aromatic heterocycles. The molecule has 108 valence electrons. The van der Waals surface area contributed by atoms with E-state index in [9.17, 15) is 0 Å². The van der Waals surface area contributed by atoms with E-state index in [1.807, 2.05) is 49.6 Å². The monoisotopic (exact) mass is 346 g/mol. The first-order valence-corrected chi connectivity index (χ1v) is 7.42. The van der Waals surface area contributed by atoms with Gasteiger partial charge in [-0.05, 0) is 31.3 Å². The molecule has 0 atom stereocenters. The first-order chi connectivity index (χ1) is 10.2. The lowest BCUT2D eigenvalue weighted by atomic mass is 10.2. The van der Waals surface area contributed by atoms with E-state index < -0.39 is 0 Å². The smallest absolute Gasteiger partial charge is 0.134 e. The second-order valence-corrected chi connectivity index (χ2v) is 5.63. The van der Waals surface area contributed by atoms with E-state index in [-0.39, 0.29) is 0 Å². The molecule has 6 heteroatoms. The van der Waals surface area contributed by atoms with Crippen LogP contribution in [-0.4, -0.2) is 22.0 Å². The summed E-state index contributed by atoms with van der Waals surface area (Å²) in [5.74, 6) is 1.71. The number of aromatic nitrogens is 3. The molecule has 1 aromatic carbocycles. The fourth-order valence-corrected chi connectivity index (χ4v) is 2.33. The second-order valence-electron chi connectivity index (χ2n) is 4.71. The molecule has 0 unspecified atom stereocenters. The van der Waals surface area contributed by atoms with Gasteiger partial charge in [0.05, 0.1) is 11.9 Å². The maximum absolute atomic E-state index is 5.86. The zero-order valence-corrected chi connectivity index (χ0v) is 13.2. The van der Waals surface area contributed by atoms with Gasteiger partial charge >= 0.3 is 0 Å². The number of hydrogen-bond acceptors (Lipinski definition) is 4. The number of hydrogen-bond donors (Lipinski definition) is 1. The third kappa shape index (κ3) is 3.40. The highest BCUT2D eigenvalue weighted by Crippen LogP contribution is 2.24. The van der Waals surface area contributed by atoms with Crippen molar-refractivity contribution in [3.8, 4) is 11.3 Å². The molecule has 0 fully saturated rings. The van der Waals surface area contributed by atoms with Gasteiger partial charge in [0.25, 0.3) is 0 Å². The highest BCUT2D eigenvalue weighted by molar-refractivity contribution is 9.10. The largest absolute Gasteiger partial charge is 0.459 e. The number of rotatable bonds is 5. The molecule has 0 amide bonds. The average Bonchev–Trinajstić information content (AvgIpc) is 3.11. The van der Waals surface area contributed by atoms with E-state index >= 15 is 0 Å². The Balaban J connectivity index is 1.73. The number of halogens is 1. The van der Waals surface area contributed by atoms with E-state index in [4.69, 9.17) is 4.42 Å². The number of benzene rings is 1. The van der Waals surface area contributed by atoms with Crippen LogP contribution in [-0.2, 0) is 13.1 Å². The van der Waals surface area contributed by atoms with Gasteiger partial charge in [0.1, 0.15) is 18.1 Å². The number of nitrogens with zero attached hydrogens (tertiary/aromatic N) is 3. The molecule has 5 nitrogen and oxygen atoms in total. The molecule has 0 aliphatic heterocycles. The minimum Gasteiger partial charge on any atom is -0.459 e. The summed E-state index contributed by atoms with van der Waals surface area (Å²) in [6, 6.07) is 12.0. The van der Waals surface area contributed by atoms with E-state index in [0.29, 0.717) is 13.1 Å². The van der Waals surface area contributed by atoms with Crippen LogP contribution < -0.4 is 5.32 Å². The molecule has 21 heavy (non-hydrogen) atoms. The molecule has 3 aromatic rings. The van der Waals surface area contributed by atoms with Crippen molar-refractivity contribution in [2.24, 2.45) is 0 Å². The van der Waals surface area contributed by atoms with Gasteiger partial charge in [-0.1, -0.05) is 33.3 Å². The van der Waals surface area contributed by atoms with Crippen molar-refractivity contribution in [2.75, 3.05) is 7.05 Å². The van der Waals surface area contributed by atoms with Crippen molar-refractivity contribution < 1.29 is 4.42 Å². The molecule has 0 saturated carbocycles. The molecule has 0 radical (unpaired) electrons. The summed E-state index contributed by atoms with van der Waals surface area (Å²) in [6.07, 6.45) is 1.92. The van der Waals surface area contributed by atoms with Crippen LogP contribution in [0.3, 0.4) is 0 Å². The van der Waals surface area contributed by atoms with Crippen LogP contribution in [0.25, 0.3) is 11.3 Å². The molecule has 0 spiro atoms. The number of nitrogens with one attached hydrogen (secondary N) is 1. The Bertz CT molecular complexity index is 717. The Labute approximate surface area is 131 Å². The summed E-state index contributed by atoms with van der Waals surface area (Å²) < 4.78 is 8.69. The Morgan fingerprint density at radius 2 is 2.00 bits per heavy atom. The van der Waals surface area contributed by atoms with E-state index in [2.05, 4.69) is 31.6 Å². The summed E-state index contributed by atoms with van der Waals surface area (Å²) in [5, 5.41) is 11.2. The molecule has 1 N–H and O–H groups in total. The molecule has 0 bridgehead atoms. The van der Waals surface area contributed by atoms with Gasteiger partial charge in [-0.3, -0.25) is 0 Å². The average molecular weight is 347 g/mol. The standard InChI is InChI=1S/C15H15BrN4O/c1-17-8-13-9-20(19-18-13)10-14-6-7-15(21-14)11-2-4-12(16)5-3-11/h2-7,9,17H,8,10H2,1H3. The van der Waals surface area contributed by atoms with Crippen molar-refractivity contribution in [3.05, 3.63) is 58.5 Å². The Hall–Kier alpha value is -1.92. The van der Waals surface area contributed by atoms with Crippen molar-refractivity contribution in [1.29, 1.82) is 0 Å². The van der Waals surface area contributed by atoms with Crippen molar-refractivity contribution >= 4 is 15.9 Å². The van der Waals surface area contributed by atoms with Crippen molar-refractivity contribution in [3.63, 3.8) is 0 Å². The van der Waals surface area contributed by atoms with Crippen LogP contribution in [0.15, 0.2) is 51.5 Å². The Morgan fingerprint density at radius 1 is 1.19 bits per heavy atom.